The number of carboxylic acid groups (broad SMARTS) is 1. The summed E-state index contributed by atoms with van der Waals surface area (Å²) in [5, 5.41) is 9.47. The molecule has 0 saturated heterocycles. The van der Waals surface area contributed by atoms with Crippen LogP contribution in [0.3, 0.4) is 0 Å². The molecule has 0 aliphatic rings. The molecule has 0 aromatic heterocycles. The second-order valence-corrected chi connectivity index (χ2v) is 5.40. The number of anilines is 1. The van der Waals surface area contributed by atoms with E-state index in [1.165, 1.54) is 5.56 Å². The van der Waals surface area contributed by atoms with E-state index in [1.807, 2.05) is 73.6 Å². The molecule has 0 bridgehead atoms. The Balaban J connectivity index is 2.10. The zero-order valence-electron chi connectivity index (χ0n) is 12.5. The van der Waals surface area contributed by atoms with E-state index in [0.717, 1.165) is 17.7 Å². The maximum absolute atomic E-state index is 11.5. The monoisotopic (exact) mass is 283 g/mol. The minimum atomic E-state index is -0.761. The van der Waals surface area contributed by atoms with Gasteiger partial charge in [0.25, 0.3) is 0 Å². The van der Waals surface area contributed by atoms with Gasteiger partial charge in [-0.15, -0.1) is 0 Å². The van der Waals surface area contributed by atoms with Crippen molar-refractivity contribution in [2.24, 2.45) is 0 Å². The van der Waals surface area contributed by atoms with Gasteiger partial charge in [-0.05, 0) is 36.1 Å². The van der Waals surface area contributed by atoms with Crippen LogP contribution in [0.25, 0.3) is 0 Å². The Hall–Kier alpha value is -2.29. The first-order valence-corrected chi connectivity index (χ1v) is 7.12. The molecule has 0 spiro atoms. The highest BCUT2D eigenvalue weighted by Crippen LogP contribution is 2.24. The van der Waals surface area contributed by atoms with E-state index in [0.29, 0.717) is 6.42 Å². The average Bonchev–Trinajstić information content (AvgIpc) is 2.48. The molecule has 0 heterocycles. The summed E-state index contributed by atoms with van der Waals surface area (Å²) in [5.74, 6) is -1.22. The second kappa shape index (κ2) is 6.93. The number of rotatable bonds is 6. The average molecular weight is 283 g/mol. The predicted molar refractivity (Wildman–Crippen MR) is 85.9 cm³/mol. The zero-order valence-corrected chi connectivity index (χ0v) is 12.5. The lowest BCUT2D eigenvalue weighted by atomic mass is 9.92. The molecule has 1 N–H and O–H groups in total. The maximum atomic E-state index is 11.5. The fourth-order valence-electron chi connectivity index (χ4n) is 2.39. The molecule has 2 rings (SSSR count). The highest BCUT2D eigenvalue weighted by atomic mass is 16.4. The molecule has 0 fully saturated rings. The maximum Gasteiger partial charge on any atom is 0.310 e. The van der Waals surface area contributed by atoms with Crippen molar-refractivity contribution < 1.29 is 9.90 Å². The van der Waals surface area contributed by atoms with Crippen LogP contribution in [0.5, 0.6) is 0 Å². The number of carbonyl (C=O) groups is 1. The summed E-state index contributed by atoms with van der Waals surface area (Å²) in [5.41, 5.74) is 3.11. The largest absolute Gasteiger partial charge is 0.481 e. The van der Waals surface area contributed by atoms with E-state index in [-0.39, 0.29) is 0 Å². The number of aliphatic carboxylic acids is 1. The highest BCUT2D eigenvalue weighted by molar-refractivity contribution is 5.76. The van der Waals surface area contributed by atoms with Gasteiger partial charge in [-0.25, -0.2) is 0 Å². The van der Waals surface area contributed by atoms with Crippen LogP contribution in [0.1, 0.15) is 23.5 Å². The van der Waals surface area contributed by atoms with E-state index < -0.39 is 11.9 Å². The van der Waals surface area contributed by atoms with Gasteiger partial charge in [0.15, 0.2) is 0 Å². The molecule has 2 aromatic rings. The van der Waals surface area contributed by atoms with E-state index in [1.54, 1.807) is 0 Å². The normalized spacial score (nSPS) is 11.9. The third-order valence-corrected chi connectivity index (χ3v) is 3.67. The molecular weight excluding hydrogens is 262 g/mol. The van der Waals surface area contributed by atoms with Gasteiger partial charge in [-0.2, -0.15) is 0 Å². The Morgan fingerprint density at radius 2 is 1.67 bits per heavy atom. The van der Waals surface area contributed by atoms with Crippen LogP contribution in [-0.4, -0.2) is 25.2 Å². The molecule has 0 radical (unpaired) electrons. The first-order valence-electron chi connectivity index (χ1n) is 7.12. The van der Waals surface area contributed by atoms with Crippen LogP contribution >= 0.6 is 0 Å². The number of hydrogen-bond donors (Lipinski definition) is 1. The van der Waals surface area contributed by atoms with Crippen LogP contribution in [0.15, 0.2) is 54.6 Å². The number of hydrogen-bond acceptors (Lipinski definition) is 2. The van der Waals surface area contributed by atoms with Crippen LogP contribution in [0.2, 0.25) is 0 Å². The quantitative estimate of drug-likeness (QED) is 0.881. The van der Waals surface area contributed by atoms with E-state index in [4.69, 9.17) is 0 Å². The Morgan fingerprint density at radius 1 is 1.05 bits per heavy atom. The van der Waals surface area contributed by atoms with Crippen molar-refractivity contribution in [2.75, 3.05) is 19.0 Å². The minimum absolute atomic E-state index is 0.457. The summed E-state index contributed by atoms with van der Waals surface area (Å²) in [6, 6.07) is 17.8. The smallest absolute Gasteiger partial charge is 0.310 e. The van der Waals surface area contributed by atoms with Gasteiger partial charge in [-0.3, -0.25) is 4.79 Å². The van der Waals surface area contributed by atoms with Gasteiger partial charge >= 0.3 is 5.97 Å². The van der Waals surface area contributed by atoms with Gasteiger partial charge in [0.05, 0.1) is 5.92 Å². The van der Waals surface area contributed by atoms with Crippen LogP contribution in [-0.2, 0) is 11.2 Å². The third-order valence-electron chi connectivity index (χ3n) is 3.67. The van der Waals surface area contributed by atoms with Crippen molar-refractivity contribution in [3.8, 4) is 0 Å². The molecule has 3 heteroatoms. The highest BCUT2D eigenvalue weighted by Gasteiger charge is 2.19. The SMILES string of the molecule is CN(C)c1ccc(C(CCc2ccccc2)C(=O)O)cc1. The molecular formula is C18H21NO2. The first kappa shape index (κ1) is 15.1. The zero-order chi connectivity index (χ0) is 15.2. The molecule has 3 nitrogen and oxygen atoms in total. The number of carboxylic acids is 1. The van der Waals surface area contributed by atoms with Crippen molar-refractivity contribution in [3.63, 3.8) is 0 Å². The molecule has 2 aromatic carbocycles. The Bertz CT molecular complexity index is 576. The van der Waals surface area contributed by atoms with Crippen LogP contribution in [0.4, 0.5) is 5.69 Å². The lowest BCUT2D eigenvalue weighted by molar-refractivity contribution is -0.138. The lowest BCUT2D eigenvalue weighted by Crippen LogP contribution is -2.13. The van der Waals surface area contributed by atoms with E-state index in [2.05, 4.69) is 0 Å². The molecule has 0 saturated carbocycles. The van der Waals surface area contributed by atoms with Gasteiger partial charge in [0, 0.05) is 19.8 Å². The molecule has 1 atom stereocenters. The van der Waals surface area contributed by atoms with Gasteiger partial charge < -0.3 is 10.0 Å². The Morgan fingerprint density at radius 3 is 2.19 bits per heavy atom. The number of nitrogens with zero attached hydrogens (tertiary/aromatic N) is 1. The molecule has 0 amide bonds. The fraction of sp³-hybridized carbons (Fsp3) is 0.278. The summed E-state index contributed by atoms with van der Waals surface area (Å²) in [7, 11) is 3.94. The Labute approximate surface area is 125 Å². The van der Waals surface area contributed by atoms with Crippen molar-refractivity contribution in [3.05, 3.63) is 65.7 Å². The molecule has 0 aliphatic heterocycles. The molecule has 110 valence electrons. The molecule has 0 aliphatic carbocycles. The van der Waals surface area contributed by atoms with Crippen molar-refractivity contribution >= 4 is 11.7 Å². The van der Waals surface area contributed by atoms with Gasteiger partial charge in [-0.1, -0.05) is 42.5 Å². The van der Waals surface area contributed by atoms with Gasteiger partial charge in [0.1, 0.15) is 0 Å². The molecule has 1 unspecified atom stereocenters. The van der Waals surface area contributed by atoms with Crippen molar-refractivity contribution in [1.29, 1.82) is 0 Å². The lowest BCUT2D eigenvalue weighted by Gasteiger charge is -2.16. The van der Waals surface area contributed by atoms with E-state index >= 15 is 0 Å². The minimum Gasteiger partial charge on any atom is -0.481 e. The Kier molecular flexibility index (Phi) is 4.99. The third kappa shape index (κ3) is 4.09. The summed E-state index contributed by atoms with van der Waals surface area (Å²) >= 11 is 0. The number of benzene rings is 2. The topological polar surface area (TPSA) is 40.5 Å². The summed E-state index contributed by atoms with van der Waals surface area (Å²) in [6.07, 6.45) is 1.38. The van der Waals surface area contributed by atoms with Crippen LogP contribution in [0, 0.1) is 0 Å². The predicted octanol–water partition coefficient (Wildman–Crippen LogP) is 3.55. The number of aryl methyl sites for hydroxylation is 1. The van der Waals surface area contributed by atoms with Crippen molar-refractivity contribution in [1.82, 2.24) is 0 Å². The first-order chi connectivity index (χ1) is 10.1. The van der Waals surface area contributed by atoms with Gasteiger partial charge in [0.2, 0.25) is 0 Å². The second-order valence-electron chi connectivity index (χ2n) is 5.40. The summed E-state index contributed by atoms with van der Waals surface area (Å²) < 4.78 is 0. The molecule has 21 heavy (non-hydrogen) atoms. The van der Waals surface area contributed by atoms with Crippen molar-refractivity contribution in [2.45, 2.75) is 18.8 Å². The summed E-state index contributed by atoms with van der Waals surface area (Å²) in [4.78, 5) is 13.5. The fourth-order valence-corrected chi connectivity index (χ4v) is 2.39. The summed E-state index contributed by atoms with van der Waals surface area (Å²) in [6.45, 7) is 0. The van der Waals surface area contributed by atoms with E-state index in [9.17, 15) is 9.90 Å². The van der Waals surface area contributed by atoms with Crippen LogP contribution < -0.4 is 4.90 Å². The standard InChI is InChI=1S/C18H21NO2/c1-19(2)16-11-9-15(10-12-16)17(18(20)21)13-8-14-6-4-3-5-7-14/h3-7,9-12,17H,8,13H2,1-2H3,(H,20,21).